The summed E-state index contributed by atoms with van der Waals surface area (Å²) in [7, 11) is -0.979. The lowest BCUT2D eigenvalue weighted by molar-refractivity contribution is 0.155. The van der Waals surface area contributed by atoms with Crippen LogP contribution < -0.4 is 5.32 Å². The standard InChI is InChI=1S/C15H16BrN3O4S/c1-19(2)24(21,22)13-8-12(16)9-17-14(13)18-15(20)23-10-11-6-4-3-5-7-11/h3-9H,10H2,1-2H3,(H,17,18,20). The van der Waals surface area contributed by atoms with Crippen molar-refractivity contribution in [2.24, 2.45) is 0 Å². The molecule has 0 aliphatic carbocycles. The van der Waals surface area contributed by atoms with Crippen LogP contribution in [0.1, 0.15) is 5.56 Å². The van der Waals surface area contributed by atoms with Gasteiger partial charge in [-0.1, -0.05) is 30.3 Å². The molecule has 128 valence electrons. The average molecular weight is 414 g/mol. The molecule has 1 amide bonds. The Morgan fingerprint density at radius 3 is 2.58 bits per heavy atom. The Labute approximate surface area is 148 Å². The molecule has 9 heteroatoms. The number of benzene rings is 1. The number of amides is 1. The number of nitrogens with one attached hydrogen (secondary N) is 1. The van der Waals surface area contributed by atoms with Gasteiger partial charge >= 0.3 is 6.09 Å². The maximum Gasteiger partial charge on any atom is 0.413 e. The molecule has 0 spiro atoms. The van der Waals surface area contributed by atoms with E-state index in [9.17, 15) is 13.2 Å². The Balaban J connectivity index is 2.16. The second-order valence-corrected chi connectivity index (χ2v) is 8.01. The Morgan fingerprint density at radius 2 is 1.96 bits per heavy atom. The number of halogens is 1. The largest absolute Gasteiger partial charge is 0.444 e. The first kappa shape index (κ1) is 18.4. The average Bonchev–Trinajstić information content (AvgIpc) is 2.55. The lowest BCUT2D eigenvalue weighted by Crippen LogP contribution is -2.25. The van der Waals surface area contributed by atoms with Gasteiger partial charge in [0.05, 0.1) is 0 Å². The highest BCUT2D eigenvalue weighted by atomic mass is 79.9. The molecule has 2 aromatic rings. The fourth-order valence-electron chi connectivity index (χ4n) is 1.76. The van der Waals surface area contributed by atoms with Crippen LogP contribution in [0, 0.1) is 0 Å². The van der Waals surface area contributed by atoms with Crippen molar-refractivity contribution in [2.45, 2.75) is 11.5 Å². The minimum atomic E-state index is -3.77. The monoisotopic (exact) mass is 413 g/mol. The van der Waals surface area contributed by atoms with Gasteiger partial charge in [-0.05, 0) is 27.6 Å². The van der Waals surface area contributed by atoms with E-state index < -0.39 is 16.1 Å². The van der Waals surface area contributed by atoms with Gasteiger partial charge in [-0.25, -0.2) is 22.5 Å². The Kier molecular flexibility index (Phi) is 5.92. The number of ether oxygens (including phenoxy) is 1. The van der Waals surface area contributed by atoms with Crippen molar-refractivity contribution in [3.63, 3.8) is 0 Å². The number of pyridine rings is 1. The zero-order valence-corrected chi connectivity index (χ0v) is 15.5. The zero-order valence-electron chi connectivity index (χ0n) is 13.1. The molecule has 0 unspecified atom stereocenters. The fourth-order valence-corrected chi connectivity index (χ4v) is 3.26. The molecule has 1 N–H and O–H groups in total. The third-order valence-electron chi connectivity index (χ3n) is 3.01. The predicted molar refractivity (Wildman–Crippen MR) is 93.1 cm³/mol. The van der Waals surface area contributed by atoms with Gasteiger partial charge in [0.15, 0.2) is 5.82 Å². The van der Waals surface area contributed by atoms with Gasteiger partial charge in [0.1, 0.15) is 11.5 Å². The van der Waals surface area contributed by atoms with E-state index in [2.05, 4.69) is 26.2 Å². The summed E-state index contributed by atoms with van der Waals surface area (Å²) in [6.07, 6.45) is 0.602. The molecule has 0 fully saturated rings. The molecule has 0 aliphatic heterocycles. The minimum absolute atomic E-state index is 0.0684. The predicted octanol–water partition coefficient (Wildman–Crippen LogP) is 2.84. The summed E-state index contributed by atoms with van der Waals surface area (Å²) in [6, 6.07) is 10.5. The lowest BCUT2D eigenvalue weighted by Gasteiger charge is -2.15. The van der Waals surface area contributed by atoms with Crippen LogP contribution >= 0.6 is 15.9 Å². The Morgan fingerprint density at radius 1 is 1.29 bits per heavy atom. The Hall–Kier alpha value is -1.97. The molecule has 0 saturated heterocycles. The van der Waals surface area contributed by atoms with Crippen LogP contribution in [0.2, 0.25) is 0 Å². The molecular weight excluding hydrogens is 398 g/mol. The molecule has 0 saturated carbocycles. The number of carbonyl (C=O) groups excluding carboxylic acids is 1. The number of sulfonamides is 1. The summed E-state index contributed by atoms with van der Waals surface area (Å²) in [5.41, 5.74) is 0.817. The van der Waals surface area contributed by atoms with E-state index in [4.69, 9.17) is 4.74 Å². The summed E-state index contributed by atoms with van der Waals surface area (Å²) in [5.74, 6) is -0.0926. The van der Waals surface area contributed by atoms with E-state index in [1.807, 2.05) is 30.3 Å². The van der Waals surface area contributed by atoms with Gasteiger partial charge in [0.25, 0.3) is 0 Å². The molecule has 24 heavy (non-hydrogen) atoms. The maximum absolute atomic E-state index is 12.3. The van der Waals surface area contributed by atoms with Gasteiger partial charge in [-0.3, -0.25) is 5.32 Å². The summed E-state index contributed by atoms with van der Waals surface area (Å²) in [5, 5.41) is 2.37. The van der Waals surface area contributed by atoms with Gasteiger partial charge in [0, 0.05) is 24.8 Å². The third kappa shape index (κ3) is 4.53. The van der Waals surface area contributed by atoms with E-state index in [1.54, 1.807) is 0 Å². The highest BCUT2D eigenvalue weighted by molar-refractivity contribution is 9.10. The number of aromatic nitrogens is 1. The van der Waals surface area contributed by atoms with E-state index in [-0.39, 0.29) is 17.3 Å². The van der Waals surface area contributed by atoms with Crippen LogP contribution in [0.4, 0.5) is 10.6 Å². The first-order chi connectivity index (χ1) is 11.3. The number of carbonyl (C=O) groups is 1. The number of hydrogen-bond acceptors (Lipinski definition) is 5. The summed E-state index contributed by atoms with van der Waals surface area (Å²) in [4.78, 5) is 15.8. The van der Waals surface area contributed by atoms with Crippen molar-refractivity contribution in [1.82, 2.24) is 9.29 Å². The van der Waals surface area contributed by atoms with Crippen molar-refractivity contribution in [3.8, 4) is 0 Å². The number of nitrogens with zero attached hydrogens (tertiary/aromatic N) is 2. The summed E-state index contributed by atoms with van der Waals surface area (Å²) < 4.78 is 31.3. The second kappa shape index (κ2) is 7.73. The molecule has 0 atom stereocenters. The Bertz CT molecular complexity index is 826. The van der Waals surface area contributed by atoms with Crippen molar-refractivity contribution >= 4 is 37.9 Å². The second-order valence-electron chi connectivity index (χ2n) is 4.97. The van der Waals surface area contributed by atoms with Gasteiger partial charge < -0.3 is 4.74 Å². The molecule has 0 radical (unpaired) electrons. The quantitative estimate of drug-likeness (QED) is 0.813. The van der Waals surface area contributed by atoms with Crippen molar-refractivity contribution in [1.29, 1.82) is 0 Å². The third-order valence-corrected chi connectivity index (χ3v) is 5.27. The van der Waals surface area contributed by atoms with Gasteiger partial charge in [-0.2, -0.15) is 0 Å². The van der Waals surface area contributed by atoms with Crippen LogP contribution in [-0.4, -0.2) is 37.9 Å². The van der Waals surface area contributed by atoms with E-state index in [0.717, 1.165) is 9.87 Å². The topological polar surface area (TPSA) is 88.6 Å². The fraction of sp³-hybridized carbons (Fsp3) is 0.200. The molecular formula is C15H16BrN3O4S. The highest BCUT2D eigenvalue weighted by Gasteiger charge is 2.24. The summed E-state index contributed by atoms with van der Waals surface area (Å²) >= 11 is 3.18. The zero-order chi connectivity index (χ0) is 17.7. The van der Waals surface area contributed by atoms with Crippen LogP contribution in [0.25, 0.3) is 0 Å². The smallest absolute Gasteiger partial charge is 0.413 e. The minimum Gasteiger partial charge on any atom is -0.444 e. The number of anilines is 1. The molecule has 7 nitrogen and oxygen atoms in total. The maximum atomic E-state index is 12.3. The highest BCUT2D eigenvalue weighted by Crippen LogP contribution is 2.25. The SMILES string of the molecule is CN(C)S(=O)(=O)c1cc(Br)cnc1NC(=O)OCc1ccccc1. The molecule has 1 aromatic heterocycles. The van der Waals surface area contributed by atoms with Crippen LogP contribution in [0.3, 0.4) is 0 Å². The van der Waals surface area contributed by atoms with Crippen molar-refractivity contribution in [2.75, 3.05) is 19.4 Å². The van der Waals surface area contributed by atoms with E-state index in [0.29, 0.717) is 4.47 Å². The van der Waals surface area contributed by atoms with Crippen molar-refractivity contribution < 1.29 is 17.9 Å². The van der Waals surface area contributed by atoms with Gasteiger partial charge in [0.2, 0.25) is 10.0 Å². The first-order valence-corrected chi connectivity index (χ1v) is 9.10. The molecule has 1 aromatic carbocycles. The summed E-state index contributed by atoms with van der Waals surface area (Å²) in [6.45, 7) is 0.0684. The van der Waals surface area contributed by atoms with Crippen molar-refractivity contribution in [3.05, 3.63) is 52.6 Å². The van der Waals surface area contributed by atoms with E-state index in [1.165, 1.54) is 26.4 Å². The van der Waals surface area contributed by atoms with E-state index >= 15 is 0 Å². The molecule has 0 bridgehead atoms. The number of rotatable bonds is 5. The number of hydrogen-bond donors (Lipinski definition) is 1. The normalized spacial score (nSPS) is 11.3. The lowest BCUT2D eigenvalue weighted by atomic mass is 10.2. The first-order valence-electron chi connectivity index (χ1n) is 6.86. The molecule has 2 rings (SSSR count). The van der Waals surface area contributed by atoms with Crippen LogP contribution in [0.5, 0.6) is 0 Å². The molecule has 0 aliphatic rings. The van der Waals surface area contributed by atoms with Crippen LogP contribution in [0.15, 0.2) is 52.0 Å². The van der Waals surface area contributed by atoms with Crippen LogP contribution in [-0.2, 0) is 21.4 Å². The van der Waals surface area contributed by atoms with Gasteiger partial charge in [-0.15, -0.1) is 0 Å². The molecule has 1 heterocycles.